The van der Waals surface area contributed by atoms with E-state index in [2.05, 4.69) is 5.32 Å². The highest BCUT2D eigenvalue weighted by Gasteiger charge is 2.15. The third-order valence-corrected chi connectivity index (χ3v) is 1.72. The molecule has 1 heterocycles. The Labute approximate surface area is 62.9 Å². The van der Waals surface area contributed by atoms with E-state index in [9.17, 15) is 4.79 Å². The van der Waals surface area contributed by atoms with E-state index in [0.717, 1.165) is 32.5 Å². The van der Waals surface area contributed by atoms with Gasteiger partial charge in [-0.25, -0.2) is 4.79 Å². The van der Waals surface area contributed by atoms with Gasteiger partial charge in [0.15, 0.2) is 0 Å². The van der Waals surface area contributed by atoms with Crippen molar-refractivity contribution in [3.05, 3.63) is 0 Å². The molecular formula is C7H16N2O. The molecule has 0 aliphatic carbocycles. The van der Waals surface area contributed by atoms with Crippen LogP contribution in [-0.4, -0.2) is 30.6 Å². The maximum absolute atomic E-state index is 11.1. The molecule has 3 heteroatoms. The number of likely N-dealkylation sites (tertiary alicyclic amines) is 1. The first-order chi connectivity index (χ1) is 4.84. The number of rotatable bonds is 1. The Balaban J connectivity index is 0.000001000. The first-order valence-corrected chi connectivity index (χ1v) is 3.87. The second kappa shape index (κ2) is 3.44. The summed E-state index contributed by atoms with van der Waals surface area (Å²) in [5, 5.41) is 2.77. The average molecular weight is 144 g/mol. The van der Waals surface area contributed by atoms with Crippen molar-refractivity contribution >= 4 is 6.03 Å². The molecule has 3 nitrogen and oxygen atoms in total. The van der Waals surface area contributed by atoms with Gasteiger partial charge in [-0.3, -0.25) is 0 Å². The summed E-state index contributed by atoms with van der Waals surface area (Å²) in [5.41, 5.74) is 0. The van der Waals surface area contributed by atoms with E-state index in [0.29, 0.717) is 0 Å². The number of urea groups is 1. The number of hydrogen-bond donors (Lipinski definition) is 1. The van der Waals surface area contributed by atoms with E-state index in [1.165, 1.54) is 0 Å². The molecule has 0 aromatic carbocycles. The summed E-state index contributed by atoms with van der Waals surface area (Å²) in [6, 6.07) is 0.0972. The molecule has 1 aliphatic rings. The molecule has 0 spiro atoms. The van der Waals surface area contributed by atoms with Crippen LogP contribution in [0.5, 0.6) is 0 Å². The molecule has 0 aromatic heterocycles. The largest absolute Gasteiger partial charge is 0.338 e. The molecule has 1 aliphatic heterocycles. The second-order valence-corrected chi connectivity index (χ2v) is 2.53. The molecular weight excluding hydrogens is 128 g/mol. The SMILES string of the molecule is CCNC(=O)N1CCCC1.[HH]. The molecule has 1 fully saturated rings. The standard InChI is InChI=1S/C7H14N2O.H2/c1-2-8-7(10)9-5-3-4-6-9;/h2-6H2,1H3,(H,8,10);1H. The van der Waals surface area contributed by atoms with Gasteiger partial charge in [-0.05, 0) is 19.8 Å². The van der Waals surface area contributed by atoms with Crippen molar-refractivity contribution < 1.29 is 6.22 Å². The van der Waals surface area contributed by atoms with E-state index >= 15 is 0 Å². The summed E-state index contributed by atoms with van der Waals surface area (Å²) in [7, 11) is 0. The number of carbonyl (C=O) groups is 1. The highest BCUT2D eigenvalue weighted by atomic mass is 16.2. The Morgan fingerprint density at radius 2 is 2.20 bits per heavy atom. The van der Waals surface area contributed by atoms with Gasteiger partial charge in [0, 0.05) is 21.1 Å². The molecule has 0 aromatic rings. The summed E-state index contributed by atoms with van der Waals surface area (Å²) < 4.78 is 0. The fourth-order valence-electron chi connectivity index (χ4n) is 1.18. The van der Waals surface area contributed by atoms with Crippen molar-refractivity contribution in [1.29, 1.82) is 0 Å². The molecule has 0 radical (unpaired) electrons. The van der Waals surface area contributed by atoms with Gasteiger partial charge in [0.05, 0.1) is 0 Å². The smallest absolute Gasteiger partial charge is 0.317 e. The van der Waals surface area contributed by atoms with Crippen LogP contribution < -0.4 is 5.32 Å². The lowest BCUT2D eigenvalue weighted by atomic mass is 10.4. The van der Waals surface area contributed by atoms with Gasteiger partial charge in [0.25, 0.3) is 0 Å². The molecule has 1 N–H and O–H groups in total. The Morgan fingerprint density at radius 1 is 1.60 bits per heavy atom. The van der Waals surface area contributed by atoms with E-state index < -0.39 is 0 Å². The molecule has 1 saturated heterocycles. The monoisotopic (exact) mass is 144 g/mol. The minimum atomic E-state index is 0. The van der Waals surface area contributed by atoms with Crippen molar-refractivity contribution in [3.8, 4) is 0 Å². The highest BCUT2D eigenvalue weighted by Crippen LogP contribution is 2.06. The Hall–Kier alpha value is -0.730. The summed E-state index contributed by atoms with van der Waals surface area (Å²) in [6.07, 6.45) is 2.33. The zero-order chi connectivity index (χ0) is 7.40. The zero-order valence-electron chi connectivity index (χ0n) is 6.39. The number of hydrogen-bond acceptors (Lipinski definition) is 1. The van der Waals surface area contributed by atoms with E-state index in [-0.39, 0.29) is 7.46 Å². The van der Waals surface area contributed by atoms with E-state index in [1.807, 2.05) is 11.8 Å². The maximum Gasteiger partial charge on any atom is 0.317 e. The topological polar surface area (TPSA) is 32.3 Å². The molecule has 10 heavy (non-hydrogen) atoms. The van der Waals surface area contributed by atoms with Crippen LogP contribution in [-0.2, 0) is 0 Å². The zero-order valence-corrected chi connectivity index (χ0v) is 6.39. The number of amides is 2. The van der Waals surface area contributed by atoms with E-state index in [1.54, 1.807) is 0 Å². The number of nitrogens with one attached hydrogen (secondary N) is 1. The van der Waals surface area contributed by atoms with Gasteiger partial charge in [-0.1, -0.05) is 0 Å². The van der Waals surface area contributed by atoms with Crippen LogP contribution in [0, 0.1) is 0 Å². The van der Waals surface area contributed by atoms with Crippen LogP contribution in [0.25, 0.3) is 0 Å². The summed E-state index contributed by atoms with van der Waals surface area (Å²) in [4.78, 5) is 12.9. The highest BCUT2D eigenvalue weighted by molar-refractivity contribution is 5.74. The van der Waals surface area contributed by atoms with Crippen LogP contribution in [0.1, 0.15) is 21.2 Å². The molecule has 1 rings (SSSR count). The quantitative estimate of drug-likeness (QED) is 0.586. The van der Waals surface area contributed by atoms with Gasteiger partial charge in [0.2, 0.25) is 0 Å². The van der Waals surface area contributed by atoms with Crippen molar-refractivity contribution in [2.75, 3.05) is 19.6 Å². The third kappa shape index (κ3) is 1.62. The first-order valence-electron chi connectivity index (χ1n) is 3.87. The molecule has 2 amide bonds. The summed E-state index contributed by atoms with van der Waals surface area (Å²) >= 11 is 0. The predicted octanol–water partition coefficient (Wildman–Crippen LogP) is 1.06. The first kappa shape index (κ1) is 7.38. The Kier molecular flexibility index (Phi) is 2.54. The Morgan fingerprint density at radius 3 is 2.70 bits per heavy atom. The number of nitrogens with zero attached hydrogens (tertiary/aromatic N) is 1. The fraction of sp³-hybridized carbons (Fsp3) is 0.857. The minimum absolute atomic E-state index is 0. The third-order valence-electron chi connectivity index (χ3n) is 1.72. The average Bonchev–Trinajstić information content (AvgIpc) is 2.38. The van der Waals surface area contributed by atoms with Crippen molar-refractivity contribution in [3.63, 3.8) is 0 Å². The van der Waals surface area contributed by atoms with Crippen molar-refractivity contribution in [2.24, 2.45) is 0 Å². The van der Waals surface area contributed by atoms with Crippen LogP contribution in [0.4, 0.5) is 4.79 Å². The van der Waals surface area contributed by atoms with Crippen LogP contribution >= 0.6 is 0 Å². The maximum atomic E-state index is 11.1. The van der Waals surface area contributed by atoms with Gasteiger partial charge < -0.3 is 10.2 Å². The molecule has 0 bridgehead atoms. The van der Waals surface area contributed by atoms with Crippen molar-refractivity contribution in [1.82, 2.24) is 10.2 Å². The lowest BCUT2D eigenvalue weighted by Crippen LogP contribution is -2.37. The van der Waals surface area contributed by atoms with E-state index in [4.69, 9.17) is 0 Å². The Bertz CT molecular complexity index is 124. The number of carbonyl (C=O) groups excluding carboxylic acids is 1. The van der Waals surface area contributed by atoms with Crippen LogP contribution in [0.15, 0.2) is 0 Å². The fourth-order valence-corrected chi connectivity index (χ4v) is 1.18. The van der Waals surface area contributed by atoms with Crippen LogP contribution in [0.2, 0.25) is 0 Å². The van der Waals surface area contributed by atoms with Gasteiger partial charge in [-0.2, -0.15) is 0 Å². The summed E-state index contributed by atoms with van der Waals surface area (Å²) in [5.74, 6) is 0. The summed E-state index contributed by atoms with van der Waals surface area (Å²) in [6.45, 7) is 4.54. The molecule has 0 saturated carbocycles. The van der Waals surface area contributed by atoms with Crippen molar-refractivity contribution in [2.45, 2.75) is 19.8 Å². The molecule has 0 atom stereocenters. The van der Waals surface area contributed by atoms with Gasteiger partial charge in [-0.15, -0.1) is 0 Å². The van der Waals surface area contributed by atoms with Crippen LogP contribution in [0.3, 0.4) is 0 Å². The predicted molar refractivity (Wildman–Crippen MR) is 42.0 cm³/mol. The normalized spacial score (nSPS) is 17.5. The van der Waals surface area contributed by atoms with Gasteiger partial charge >= 0.3 is 6.03 Å². The lowest BCUT2D eigenvalue weighted by Gasteiger charge is -2.14. The second-order valence-electron chi connectivity index (χ2n) is 2.53. The molecule has 60 valence electrons. The lowest BCUT2D eigenvalue weighted by molar-refractivity contribution is 0.209. The molecule has 0 unspecified atom stereocenters. The minimum Gasteiger partial charge on any atom is -0.338 e. The van der Waals surface area contributed by atoms with Gasteiger partial charge in [0.1, 0.15) is 0 Å².